The summed E-state index contributed by atoms with van der Waals surface area (Å²) < 4.78 is 4.99. The lowest BCUT2D eigenvalue weighted by Gasteiger charge is -2.33. The van der Waals surface area contributed by atoms with Gasteiger partial charge in [-0.05, 0) is 12.8 Å². The Hall–Kier alpha value is -2.15. The number of hydrogen-bond acceptors (Lipinski definition) is 6. The second-order valence-electron chi connectivity index (χ2n) is 5.53. The third-order valence-electron chi connectivity index (χ3n) is 3.79. The van der Waals surface area contributed by atoms with Crippen molar-refractivity contribution < 1.29 is 9.32 Å². The Bertz CT molecular complexity index is 648. The molecular formula is C15H18ClN5O2. The van der Waals surface area contributed by atoms with Gasteiger partial charge in [0.05, 0.1) is 6.20 Å². The molecular weight excluding hydrogens is 318 g/mol. The van der Waals surface area contributed by atoms with Crippen LogP contribution in [0.15, 0.2) is 29.2 Å². The van der Waals surface area contributed by atoms with Gasteiger partial charge in [-0.3, -0.25) is 9.78 Å². The van der Waals surface area contributed by atoms with Crippen molar-refractivity contribution in [3.05, 3.63) is 35.6 Å². The van der Waals surface area contributed by atoms with Crippen LogP contribution in [0, 0.1) is 0 Å². The predicted molar refractivity (Wildman–Crippen MR) is 85.2 cm³/mol. The summed E-state index contributed by atoms with van der Waals surface area (Å²) in [6.07, 6.45) is 7.91. The molecule has 3 heterocycles. The Morgan fingerprint density at radius 3 is 3.13 bits per heavy atom. The van der Waals surface area contributed by atoms with Gasteiger partial charge in [-0.1, -0.05) is 16.8 Å². The van der Waals surface area contributed by atoms with Crippen molar-refractivity contribution in [2.24, 2.45) is 0 Å². The first kappa shape index (κ1) is 15.7. The Balaban J connectivity index is 1.48. The Labute approximate surface area is 139 Å². The molecule has 8 heteroatoms. The Morgan fingerprint density at radius 1 is 1.48 bits per heavy atom. The first-order chi connectivity index (χ1) is 11.2. The highest BCUT2D eigenvalue weighted by atomic mass is 35.5. The van der Waals surface area contributed by atoms with Gasteiger partial charge in [0.2, 0.25) is 5.91 Å². The van der Waals surface area contributed by atoms with Crippen LogP contribution in [0.5, 0.6) is 0 Å². The second kappa shape index (κ2) is 7.41. The molecule has 3 rings (SSSR count). The number of piperidine rings is 1. The number of rotatable bonds is 5. The monoisotopic (exact) mass is 335 g/mol. The topological polar surface area (TPSA) is 84.2 Å². The molecule has 23 heavy (non-hydrogen) atoms. The van der Waals surface area contributed by atoms with Crippen LogP contribution in [0.25, 0.3) is 0 Å². The molecule has 2 aromatic heterocycles. The zero-order chi connectivity index (χ0) is 16.1. The zero-order valence-electron chi connectivity index (χ0n) is 12.6. The molecule has 0 saturated carbocycles. The molecule has 1 aliphatic rings. The standard InChI is InChI=1S/C15H18ClN5O2/c16-13-8-12(23-20-13)3-4-15(22)19-11-2-1-7-21(10-11)14-9-17-5-6-18-14/h5-6,8-9,11H,1-4,7,10H2,(H,19,22)/t11-/m0/s1. The molecule has 2 aromatic rings. The maximum atomic E-state index is 12.1. The molecule has 0 aliphatic carbocycles. The van der Waals surface area contributed by atoms with E-state index >= 15 is 0 Å². The van der Waals surface area contributed by atoms with E-state index in [2.05, 4.69) is 25.3 Å². The van der Waals surface area contributed by atoms with Crippen molar-refractivity contribution in [1.29, 1.82) is 0 Å². The summed E-state index contributed by atoms with van der Waals surface area (Å²) in [6, 6.07) is 1.75. The van der Waals surface area contributed by atoms with Crippen molar-refractivity contribution in [3.8, 4) is 0 Å². The van der Waals surface area contributed by atoms with Gasteiger partial charge in [0.1, 0.15) is 11.6 Å². The highest BCUT2D eigenvalue weighted by Gasteiger charge is 2.22. The summed E-state index contributed by atoms with van der Waals surface area (Å²) in [5.74, 6) is 1.47. The molecule has 1 amide bonds. The van der Waals surface area contributed by atoms with E-state index < -0.39 is 0 Å². The maximum Gasteiger partial charge on any atom is 0.220 e. The summed E-state index contributed by atoms with van der Waals surface area (Å²) >= 11 is 5.68. The normalized spacial score (nSPS) is 18.0. The first-order valence-corrected chi connectivity index (χ1v) is 8.00. The number of carbonyl (C=O) groups excluding carboxylic acids is 1. The molecule has 1 fully saturated rings. The van der Waals surface area contributed by atoms with Gasteiger partial charge in [0, 0.05) is 50.4 Å². The second-order valence-corrected chi connectivity index (χ2v) is 5.92. The lowest BCUT2D eigenvalue weighted by molar-refractivity contribution is -0.121. The zero-order valence-corrected chi connectivity index (χ0v) is 13.4. The van der Waals surface area contributed by atoms with E-state index in [1.807, 2.05) is 0 Å². The van der Waals surface area contributed by atoms with Gasteiger partial charge in [0.25, 0.3) is 0 Å². The molecule has 1 aliphatic heterocycles. The highest BCUT2D eigenvalue weighted by Crippen LogP contribution is 2.17. The number of aromatic nitrogens is 3. The maximum absolute atomic E-state index is 12.1. The minimum atomic E-state index is 0.00326. The molecule has 0 unspecified atom stereocenters. The molecule has 1 atom stereocenters. The molecule has 0 aromatic carbocycles. The van der Waals surface area contributed by atoms with E-state index in [1.165, 1.54) is 0 Å². The van der Waals surface area contributed by atoms with Crippen LogP contribution in [0.2, 0.25) is 5.15 Å². The molecule has 7 nitrogen and oxygen atoms in total. The van der Waals surface area contributed by atoms with Crippen molar-refractivity contribution in [3.63, 3.8) is 0 Å². The van der Waals surface area contributed by atoms with Crippen LogP contribution >= 0.6 is 11.6 Å². The van der Waals surface area contributed by atoms with E-state index in [9.17, 15) is 4.79 Å². The van der Waals surface area contributed by atoms with E-state index in [0.717, 1.165) is 31.7 Å². The van der Waals surface area contributed by atoms with E-state index in [-0.39, 0.29) is 11.9 Å². The Kier molecular flexibility index (Phi) is 5.07. The van der Waals surface area contributed by atoms with Crippen LogP contribution in [0.4, 0.5) is 5.82 Å². The molecule has 0 radical (unpaired) electrons. The van der Waals surface area contributed by atoms with Crippen molar-refractivity contribution in [1.82, 2.24) is 20.4 Å². The smallest absolute Gasteiger partial charge is 0.220 e. The van der Waals surface area contributed by atoms with Gasteiger partial charge in [-0.25, -0.2) is 4.98 Å². The SMILES string of the molecule is O=C(CCc1cc(Cl)no1)N[C@H]1CCCN(c2cnccn2)C1. The summed E-state index contributed by atoms with van der Waals surface area (Å²) in [5, 5.41) is 6.98. The number of amides is 1. The predicted octanol–water partition coefficient (Wildman–Crippen LogP) is 1.84. The fraction of sp³-hybridized carbons (Fsp3) is 0.467. The van der Waals surface area contributed by atoms with Crippen molar-refractivity contribution in [2.45, 2.75) is 31.7 Å². The fourth-order valence-corrected chi connectivity index (χ4v) is 2.86. The van der Waals surface area contributed by atoms with E-state index in [4.69, 9.17) is 16.1 Å². The molecule has 0 bridgehead atoms. The Morgan fingerprint density at radius 2 is 2.39 bits per heavy atom. The third-order valence-corrected chi connectivity index (χ3v) is 3.97. The summed E-state index contributed by atoms with van der Waals surface area (Å²) in [7, 11) is 0. The number of aryl methyl sites for hydroxylation is 1. The van der Waals surface area contributed by atoms with Gasteiger partial charge in [0.15, 0.2) is 5.15 Å². The molecule has 1 saturated heterocycles. The number of carbonyl (C=O) groups is 1. The van der Waals surface area contributed by atoms with Gasteiger partial charge < -0.3 is 14.7 Å². The number of hydrogen-bond donors (Lipinski definition) is 1. The molecule has 0 spiro atoms. The first-order valence-electron chi connectivity index (χ1n) is 7.62. The van der Waals surface area contributed by atoms with Crippen molar-refractivity contribution >= 4 is 23.3 Å². The van der Waals surface area contributed by atoms with Crippen molar-refractivity contribution in [2.75, 3.05) is 18.0 Å². The van der Waals surface area contributed by atoms with Crippen LogP contribution in [-0.4, -0.2) is 40.2 Å². The average Bonchev–Trinajstić information content (AvgIpc) is 3.00. The molecule has 1 N–H and O–H groups in total. The minimum absolute atomic E-state index is 0.00326. The average molecular weight is 336 g/mol. The molecule has 122 valence electrons. The number of nitrogens with one attached hydrogen (secondary N) is 1. The van der Waals surface area contributed by atoms with E-state index in [0.29, 0.717) is 23.8 Å². The van der Waals surface area contributed by atoms with Gasteiger partial charge in [-0.2, -0.15) is 0 Å². The summed E-state index contributed by atoms with van der Waals surface area (Å²) in [5.41, 5.74) is 0. The quantitative estimate of drug-likeness (QED) is 0.897. The fourth-order valence-electron chi connectivity index (χ4n) is 2.70. The lowest BCUT2D eigenvalue weighted by Crippen LogP contribution is -2.48. The number of anilines is 1. The van der Waals surface area contributed by atoms with Gasteiger partial charge in [-0.15, -0.1) is 0 Å². The summed E-state index contributed by atoms with van der Waals surface area (Å²) in [6.45, 7) is 1.68. The highest BCUT2D eigenvalue weighted by molar-refractivity contribution is 6.29. The van der Waals surface area contributed by atoms with Gasteiger partial charge >= 0.3 is 0 Å². The number of halogens is 1. The van der Waals surface area contributed by atoms with Crippen LogP contribution in [0.3, 0.4) is 0 Å². The summed E-state index contributed by atoms with van der Waals surface area (Å²) in [4.78, 5) is 22.6. The number of nitrogens with zero attached hydrogens (tertiary/aromatic N) is 4. The van der Waals surface area contributed by atoms with E-state index in [1.54, 1.807) is 24.7 Å². The third kappa shape index (κ3) is 4.41. The minimum Gasteiger partial charge on any atom is -0.360 e. The van der Waals surface area contributed by atoms with Crippen LogP contribution < -0.4 is 10.2 Å². The lowest BCUT2D eigenvalue weighted by atomic mass is 10.1. The van der Waals surface area contributed by atoms with Crippen LogP contribution in [-0.2, 0) is 11.2 Å². The largest absolute Gasteiger partial charge is 0.360 e. The van der Waals surface area contributed by atoms with Crippen LogP contribution in [0.1, 0.15) is 25.0 Å².